The molecule has 1 rings (SSSR count). The molecule has 1 N–H and O–H groups in total. The van der Waals surface area contributed by atoms with E-state index in [9.17, 15) is 14.3 Å². The fourth-order valence-electron chi connectivity index (χ4n) is 1.51. The lowest BCUT2D eigenvalue weighted by Gasteiger charge is -2.18. The third kappa shape index (κ3) is 4.05. The predicted molar refractivity (Wildman–Crippen MR) is 71.7 cm³/mol. The van der Waals surface area contributed by atoms with Gasteiger partial charge >= 0.3 is 5.97 Å². The number of hydrogen-bond donors (Lipinski definition) is 1. The van der Waals surface area contributed by atoms with E-state index >= 15 is 0 Å². The number of halogens is 1. The summed E-state index contributed by atoms with van der Waals surface area (Å²) in [6.07, 6.45) is 0.357. The van der Waals surface area contributed by atoms with Gasteiger partial charge in [0.2, 0.25) is 0 Å². The normalized spacial score (nSPS) is 13.1. The number of ether oxygens (including phenoxy) is 2. The van der Waals surface area contributed by atoms with E-state index in [1.165, 1.54) is 26.4 Å². The zero-order valence-corrected chi connectivity index (χ0v) is 11.7. The van der Waals surface area contributed by atoms with Gasteiger partial charge < -0.3 is 14.6 Å². The molecule has 20 heavy (non-hydrogen) atoms. The Morgan fingerprint density at radius 2 is 2.15 bits per heavy atom. The second kappa shape index (κ2) is 7.04. The van der Waals surface area contributed by atoms with Crippen molar-refractivity contribution in [2.75, 3.05) is 20.8 Å². The molecule has 0 unspecified atom stereocenters. The van der Waals surface area contributed by atoms with E-state index in [0.29, 0.717) is 6.42 Å². The van der Waals surface area contributed by atoms with Gasteiger partial charge in [0.15, 0.2) is 0 Å². The minimum atomic E-state index is -1.32. The number of benzene rings is 1. The summed E-state index contributed by atoms with van der Waals surface area (Å²) >= 11 is 0. The highest BCUT2D eigenvalue weighted by molar-refractivity contribution is 5.89. The van der Waals surface area contributed by atoms with Crippen LogP contribution in [-0.4, -0.2) is 37.5 Å². The molecule has 1 aromatic rings. The van der Waals surface area contributed by atoms with E-state index < -0.39 is 17.4 Å². The quantitative estimate of drug-likeness (QED) is 0.674. The van der Waals surface area contributed by atoms with E-state index in [0.717, 1.165) is 6.07 Å². The first kappa shape index (κ1) is 16.2. The average molecular weight is 280 g/mol. The molecule has 0 aliphatic rings. The molecule has 0 heterocycles. The maximum absolute atomic E-state index is 13.8. The second-order valence-electron chi connectivity index (χ2n) is 4.25. The third-order valence-electron chi connectivity index (χ3n) is 2.79. The van der Waals surface area contributed by atoms with Gasteiger partial charge in [-0.15, -0.1) is 0 Å². The van der Waals surface area contributed by atoms with Gasteiger partial charge in [0.05, 0.1) is 24.8 Å². The third-order valence-corrected chi connectivity index (χ3v) is 2.79. The second-order valence-corrected chi connectivity index (χ2v) is 4.25. The Morgan fingerprint density at radius 1 is 1.45 bits per heavy atom. The molecule has 0 radical (unpaired) electrons. The molecular weight excluding hydrogens is 263 g/mol. The van der Waals surface area contributed by atoms with Crippen molar-refractivity contribution in [3.05, 3.63) is 35.1 Å². The Morgan fingerprint density at radius 3 is 2.65 bits per heavy atom. The number of aliphatic hydroxyl groups is 1. The van der Waals surface area contributed by atoms with Gasteiger partial charge in [-0.05, 0) is 24.6 Å². The maximum atomic E-state index is 13.8. The molecule has 0 aliphatic carbocycles. The van der Waals surface area contributed by atoms with Crippen LogP contribution in [0.2, 0.25) is 0 Å². The number of carbonyl (C=O) groups excluding carboxylic acids is 1. The summed E-state index contributed by atoms with van der Waals surface area (Å²) in [7, 11) is 2.67. The first-order valence-electron chi connectivity index (χ1n) is 6.08. The van der Waals surface area contributed by atoms with Crippen LogP contribution in [0.25, 0.3) is 0 Å². The largest absolute Gasteiger partial charge is 0.465 e. The molecule has 0 aromatic heterocycles. The van der Waals surface area contributed by atoms with Crippen LogP contribution in [-0.2, 0) is 9.47 Å². The first-order valence-corrected chi connectivity index (χ1v) is 6.08. The van der Waals surface area contributed by atoms with Crippen molar-refractivity contribution >= 4 is 5.97 Å². The standard InChI is InChI=1S/C15H17FO4/c1-4-15(18,10-19-2)8-7-11-5-6-12(9-13(11)16)14(17)20-3/h5-6,9,18H,4,10H2,1-3H3/t15-/m0/s1. The molecular formula is C15H17FO4. The fraction of sp³-hybridized carbons (Fsp3) is 0.400. The Balaban J connectivity index is 3.03. The fourth-order valence-corrected chi connectivity index (χ4v) is 1.51. The van der Waals surface area contributed by atoms with Crippen LogP contribution in [0.1, 0.15) is 29.3 Å². The smallest absolute Gasteiger partial charge is 0.337 e. The van der Waals surface area contributed by atoms with Crippen LogP contribution in [0.15, 0.2) is 18.2 Å². The molecule has 0 spiro atoms. The van der Waals surface area contributed by atoms with Crippen LogP contribution in [0.3, 0.4) is 0 Å². The number of hydrogen-bond acceptors (Lipinski definition) is 4. The van der Waals surface area contributed by atoms with Gasteiger partial charge in [-0.2, -0.15) is 0 Å². The molecule has 0 bridgehead atoms. The molecule has 4 nitrogen and oxygen atoms in total. The number of rotatable bonds is 4. The molecule has 0 saturated carbocycles. The van der Waals surface area contributed by atoms with Crippen molar-refractivity contribution in [2.45, 2.75) is 18.9 Å². The van der Waals surface area contributed by atoms with Crippen LogP contribution < -0.4 is 0 Å². The monoisotopic (exact) mass is 280 g/mol. The molecule has 1 atom stereocenters. The van der Waals surface area contributed by atoms with Crippen LogP contribution in [0, 0.1) is 17.7 Å². The van der Waals surface area contributed by atoms with Gasteiger partial charge in [-0.3, -0.25) is 0 Å². The Hall–Kier alpha value is -1.90. The maximum Gasteiger partial charge on any atom is 0.337 e. The van der Waals surface area contributed by atoms with Crippen molar-refractivity contribution in [1.29, 1.82) is 0 Å². The Bertz CT molecular complexity index is 545. The van der Waals surface area contributed by atoms with E-state index in [-0.39, 0.29) is 17.7 Å². The molecule has 0 aliphatic heterocycles. The van der Waals surface area contributed by atoms with Gasteiger partial charge in [0, 0.05) is 7.11 Å². The summed E-state index contributed by atoms with van der Waals surface area (Å²) in [4.78, 5) is 11.2. The van der Waals surface area contributed by atoms with Crippen molar-refractivity contribution in [2.24, 2.45) is 0 Å². The number of methoxy groups -OCH3 is 2. The zero-order valence-electron chi connectivity index (χ0n) is 11.7. The minimum Gasteiger partial charge on any atom is -0.465 e. The van der Waals surface area contributed by atoms with E-state index in [2.05, 4.69) is 16.6 Å². The zero-order chi connectivity index (χ0) is 15.2. The summed E-state index contributed by atoms with van der Waals surface area (Å²) in [6, 6.07) is 3.84. The van der Waals surface area contributed by atoms with Crippen LogP contribution >= 0.6 is 0 Å². The van der Waals surface area contributed by atoms with Gasteiger partial charge in [0.1, 0.15) is 11.4 Å². The van der Waals surface area contributed by atoms with Crippen molar-refractivity contribution in [3.8, 4) is 11.8 Å². The van der Waals surface area contributed by atoms with Gasteiger partial charge in [-0.1, -0.05) is 18.8 Å². The summed E-state index contributed by atoms with van der Waals surface area (Å²) in [5.74, 6) is 3.90. The van der Waals surface area contributed by atoms with Crippen LogP contribution in [0.5, 0.6) is 0 Å². The lowest BCUT2D eigenvalue weighted by molar-refractivity contribution is 0.0111. The minimum absolute atomic E-state index is 0.0400. The van der Waals surface area contributed by atoms with Crippen molar-refractivity contribution in [3.63, 3.8) is 0 Å². The van der Waals surface area contributed by atoms with Crippen LogP contribution in [0.4, 0.5) is 4.39 Å². The van der Waals surface area contributed by atoms with Gasteiger partial charge in [0.25, 0.3) is 0 Å². The molecule has 5 heteroatoms. The molecule has 108 valence electrons. The summed E-state index contributed by atoms with van der Waals surface area (Å²) in [5.41, 5.74) is -1.11. The number of carbonyl (C=O) groups is 1. The highest BCUT2D eigenvalue weighted by atomic mass is 19.1. The van der Waals surface area contributed by atoms with Crippen molar-refractivity contribution < 1.29 is 23.8 Å². The predicted octanol–water partition coefficient (Wildman–Crippen LogP) is 1.75. The van der Waals surface area contributed by atoms with Gasteiger partial charge in [-0.25, -0.2) is 9.18 Å². The molecule has 0 fully saturated rings. The molecule has 1 aromatic carbocycles. The summed E-state index contributed by atoms with van der Waals surface area (Å²) in [6.45, 7) is 1.79. The average Bonchev–Trinajstić information content (AvgIpc) is 2.45. The van der Waals surface area contributed by atoms with Crippen molar-refractivity contribution in [1.82, 2.24) is 0 Å². The molecule has 0 amide bonds. The topological polar surface area (TPSA) is 55.8 Å². The highest BCUT2D eigenvalue weighted by Crippen LogP contribution is 2.13. The lowest BCUT2D eigenvalue weighted by Crippen LogP contribution is -2.31. The van der Waals surface area contributed by atoms with E-state index in [4.69, 9.17) is 4.74 Å². The lowest BCUT2D eigenvalue weighted by atomic mass is 10.0. The number of esters is 1. The molecule has 0 saturated heterocycles. The highest BCUT2D eigenvalue weighted by Gasteiger charge is 2.21. The Kier molecular flexibility index (Phi) is 5.68. The van der Waals surface area contributed by atoms with E-state index in [1.807, 2.05) is 0 Å². The summed E-state index contributed by atoms with van der Waals surface area (Å²) < 4.78 is 23.2. The van der Waals surface area contributed by atoms with E-state index in [1.54, 1.807) is 6.92 Å². The SMILES string of the molecule is CC[C@](O)(C#Cc1ccc(C(=O)OC)cc1F)COC. The Labute approximate surface area is 117 Å². The first-order chi connectivity index (χ1) is 9.45. The summed E-state index contributed by atoms with van der Waals surface area (Å²) in [5, 5.41) is 10.1.